The molecule has 0 radical (unpaired) electrons. The summed E-state index contributed by atoms with van der Waals surface area (Å²) in [5.74, 6) is 0. The third-order valence-electron chi connectivity index (χ3n) is 3.58. The van der Waals surface area contributed by atoms with Gasteiger partial charge in [0, 0.05) is 5.69 Å². The number of nitrogen functional groups attached to an aromatic ring is 1. The van der Waals surface area contributed by atoms with Crippen molar-refractivity contribution in [3.05, 3.63) is 59.7 Å². The summed E-state index contributed by atoms with van der Waals surface area (Å²) in [7, 11) is 0. The molecule has 5 N–H and O–H groups in total. The van der Waals surface area contributed by atoms with Crippen molar-refractivity contribution in [2.75, 3.05) is 5.73 Å². The molecule has 0 spiro atoms. The normalized spacial score (nSPS) is 13.2. The van der Waals surface area contributed by atoms with Crippen LogP contribution in [0.4, 0.5) is 37.7 Å². The highest BCUT2D eigenvalue weighted by Crippen LogP contribution is 2.56. The van der Waals surface area contributed by atoms with E-state index in [1.54, 1.807) is 0 Å². The first-order valence-electron chi connectivity index (χ1n) is 6.42. The van der Waals surface area contributed by atoms with E-state index in [4.69, 9.17) is 5.73 Å². The average molecular weight is 335 g/mol. The Morgan fingerprint density at radius 1 is 0.652 bits per heavy atom. The van der Waals surface area contributed by atoms with E-state index >= 15 is 0 Å². The number of nitrogens with two attached hydrogens (primary N) is 1. The Balaban J connectivity index is 2.86. The molecule has 0 amide bonds. The van der Waals surface area contributed by atoms with Gasteiger partial charge in [0.1, 0.15) is 5.69 Å². The van der Waals surface area contributed by atoms with Crippen LogP contribution in [-0.4, -0.2) is 12.4 Å². The fraction of sp³-hybridized carbons (Fsp3) is 0.200. The van der Waals surface area contributed by atoms with E-state index in [1.165, 1.54) is 0 Å². The van der Waals surface area contributed by atoms with E-state index in [1.807, 2.05) is 0 Å². The SMILES string of the molecule is Nc1ccc(C(c2ccc([NH3+])cc2)(C(F)(F)F)C(F)(F)F)cc1. The van der Waals surface area contributed by atoms with Gasteiger partial charge in [-0.2, -0.15) is 26.3 Å². The number of hydrogen-bond acceptors (Lipinski definition) is 1. The molecular weight excluding hydrogens is 322 g/mol. The lowest BCUT2D eigenvalue weighted by Gasteiger charge is -2.38. The van der Waals surface area contributed by atoms with Gasteiger partial charge in [0.15, 0.2) is 0 Å². The quantitative estimate of drug-likeness (QED) is 0.640. The first-order valence-corrected chi connectivity index (χ1v) is 6.42. The Kier molecular flexibility index (Phi) is 4.06. The standard InChI is InChI=1S/C15H12F6N2/c16-14(17,18)13(15(19,20)21,9-1-5-11(22)6-2-9)10-3-7-12(23)8-4-10/h1-8H,22-23H2/p+1. The maximum Gasteiger partial charge on any atom is 0.411 e. The van der Waals surface area contributed by atoms with Crippen LogP contribution < -0.4 is 11.5 Å². The summed E-state index contributed by atoms with van der Waals surface area (Å²) in [5.41, 5.74) is 3.23. The first-order chi connectivity index (χ1) is 10.5. The number of anilines is 1. The summed E-state index contributed by atoms with van der Waals surface area (Å²) in [6.07, 6.45) is -11.2. The van der Waals surface area contributed by atoms with Crippen LogP contribution >= 0.6 is 0 Å². The lowest BCUT2D eigenvalue weighted by Crippen LogP contribution is -2.54. The van der Waals surface area contributed by atoms with Gasteiger partial charge in [-0.25, -0.2) is 0 Å². The second kappa shape index (κ2) is 5.45. The van der Waals surface area contributed by atoms with Gasteiger partial charge in [-0.15, -0.1) is 0 Å². The maximum atomic E-state index is 13.7. The Bertz CT molecular complexity index is 610. The minimum absolute atomic E-state index is 0.0695. The Morgan fingerprint density at radius 2 is 1.00 bits per heavy atom. The minimum atomic E-state index is -5.59. The molecule has 0 unspecified atom stereocenters. The zero-order valence-corrected chi connectivity index (χ0v) is 11.7. The van der Waals surface area contributed by atoms with Crippen molar-refractivity contribution < 1.29 is 32.1 Å². The molecule has 8 heteroatoms. The van der Waals surface area contributed by atoms with Crippen molar-refractivity contribution in [2.45, 2.75) is 17.8 Å². The van der Waals surface area contributed by atoms with Gasteiger partial charge in [0.2, 0.25) is 5.41 Å². The molecule has 23 heavy (non-hydrogen) atoms. The van der Waals surface area contributed by atoms with Crippen molar-refractivity contribution in [3.63, 3.8) is 0 Å². The molecule has 0 saturated carbocycles. The largest absolute Gasteiger partial charge is 0.411 e. The van der Waals surface area contributed by atoms with Gasteiger partial charge in [-0.05, 0) is 35.4 Å². The predicted octanol–water partition coefficient (Wildman–Crippen LogP) is 3.55. The summed E-state index contributed by atoms with van der Waals surface area (Å²) >= 11 is 0. The zero-order valence-electron chi connectivity index (χ0n) is 11.7. The summed E-state index contributed by atoms with van der Waals surface area (Å²) in [6, 6.07) is 7.31. The predicted molar refractivity (Wildman–Crippen MR) is 72.7 cm³/mol. The van der Waals surface area contributed by atoms with E-state index < -0.39 is 28.9 Å². The fourth-order valence-electron chi connectivity index (χ4n) is 2.47. The van der Waals surface area contributed by atoms with E-state index in [-0.39, 0.29) is 5.69 Å². The van der Waals surface area contributed by atoms with Gasteiger partial charge in [-0.3, -0.25) is 0 Å². The zero-order chi connectivity index (χ0) is 17.5. The third-order valence-corrected chi connectivity index (χ3v) is 3.58. The highest BCUT2D eigenvalue weighted by atomic mass is 19.4. The summed E-state index contributed by atoms with van der Waals surface area (Å²) < 4.78 is 82.1. The summed E-state index contributed by atoms with van der Waals surface area (Å²) in [5, 5.41) is 0. The molecule has 0 bridgehead atoms. The summed E-state index contributed by atoms with van der Waals surface area (Å²) in [4.78, 5) is 0. The molecule has 0 aliphatic carbocycles. The second-order valence-electron chi connectivity index (χ2n) is 5.06. The highest BCUT2D eigenvalue weighted by molar-refractivity contribution is 5.50. The van der Waals surface area contributed by atoms with Gasteiger partial charge in [0.05, 0.1) is 0 Å². The minimum Gasteiger partial charge on any atom is -0.399 e. The lowest BCUT2D eigenvalue weighted by molar-refractivity contribution is -0.288. The Hall–Kier alpha value is -2.22. The van der Waals surface area contributed by atoms with Crippen LogP contribution in [0.3, 0.4) is 0 Å². The van der Waals surface area contributed by atoms with Crippen LogP contribution in [-0.2, 0) is 5.41 Å². The molecule has 0 aliphatic heterocycles. The van der Waals surface area contributed by atoms with Crippen molar-refractivity contribution in [1.82, 2.24) is 0 Å². The third kappa shape index (κ3) is 2.74. The average Bonchev–Trinajstić information content (AvgIpc) is 2.40. The van der Waals surface area contributed by atoms with Crippen molar-refractivity contribution in [1.29, 1.82) is 0 Å². The fourth-order valence-corrected chi connectivity index (χ4v) is 2.47. The molecule has 0 fully saturated rings. The van der Waals surface area contributed by atoms with E-state index in [9.17, 15) is 26.3 Å². The number of halogens is 6. The van der Waals surface area contributed by atoms with Gasteiger partial charge < -0.3 is 11.5 Å². The number of benzene rings is 2. The highest BCUT2D eigenvalue weighted by Gasteiger charge is 2.72. The number of rotatable bonds is 2. The molecule has 2 aromatic rings. The molecular formula is C15H13F6N2+. The van der Waals surface area contributed by atoms with Crippen LogP contribution in [0.2, 0.25) is 0 Å². The second-order valence-corrected chi connectivity index (χ2v) is 5.06. The van der Waals surface area contributed by atoms with Gasteiger partial charge in [-0.1, -0.05) is 24.3 Å². The van der Waals surface area contributed by atoms with Crippen LogP contribution in [0.25, 0.3) is 0 Å². The molecule has 0 heterocycles. The molecule has 124 valence electrons. The van der Waals surface area contributed by atoms with Gasteiger partial charge >= 0.3 is 12.4 Å². The molecule has 2 rings (SSSR count). The Morgan fingerprint density at radius 3 is 1.35 bits per heavy atom. The van der Waals surface area contributed by atoms with Crippen LogP contribution in [0, 0.1) is 0 Å². The number of alkyl halides is 6. The van der Waals surface area contributed by atoms with Gasteiger partial charge in [0.25, 0.3) is 0 Å². The van der Waals surface area contributed by atoms with Crippen LogP contribution in [0.5, 0.6) is 0 Å². The van der Waals surface area contributed by atoms with E-state index in [0.717, 1.165) is 48.5 Å². The maximum absolute atomic E-state index is 13.7. The van der Waals surface area contributed by atoms with E-state index in [0.29, 0.717) is 5.69 Å². The Labute approximate surface area is 127 Å². The smallest absolute Gasteiger partial charge is 0.399 e. The molecule has 0 saturated heterocycles. The van der Waals surface area contributed by atoms with Crippen molar-refractivity contribution >= 4 is 11.4 Å². The summed E-state index contributed by atoms with van der Waals surface area (Å²) in [6.45, 7) is 0. The molecule has 0 atom stereocenters. The topological polar surface area (TPSA) is 53.7 Å². The van der Waals surface area contributed by atoms with E-state index in [2.05, 4.69) is 5.73 Å². The number of quaternary nitrogens is 1. The van der Waals surface area contributed by atoms with Crippen LogP contribution in [0.15, 0.2) is 48.5 Å². The van der Waals surface area contributed by atoms with Crippen molar-refractivity contribution in [3.8, 4) is 0 Å². The molecule has 0 aliphatic rings. The van der Waals surface area contributed by atoms with Crippen LogP contribution in [0.1, 0.15) is 11.1 Å². The monoisotopic (exact) mass is 335 g/mol. The first kappa shape index (κ1) is 17.1. The number of hydrogen-bond donors (Lipinski definition) is 2. The molecule has 2 nitrogen and oxygen atoms in total. The molecule has 2 aromatic carbocycles. The van der Waals surface area contributed by atoms with Crippen molar-refractivity contribution in [2.24, 2.45) is 0 Å². The lowest BCUT2D eigenvalue weighted by atomic mass is 9.73. The molecule has 0 aromatic heterocycles.